The quantitative estimate of drug-likeness (QED) is 0.821. The van der Waals surface area contributed by atoms with Gasteiger partial charge in [-0.25, -0.2) is 0 Å². The molecule has 2 aromatic carbocycles. The van der Waals surface area contributed by atoms with Gasteiger partial charge in [-0.3, -0.25) is 0 Å². The van der Waals surface area contributed by atoms with Gasteiger partial charge in [0, 0.05) is 0 Å². The summed E-state index contributed by atoms with van der Waals surface area (Å²) in [6, 6.07) is 14.3. The van der Waals surface area contributed by atoms with Crippen LogP contribution in [0.3, 0.4) is 0 Å². The number of rotatable bonds is 3. The molecule has 0 aliphatic heterocycles. The Kier molecular flexibility index (Phi) is 3.25. The summed E-state index contributed by atoms with van der Waals surface area (Å²) in [5, 5.41) is 12.6. The first kappa shape index (κ1) is 11.2. The van der Waals surface area contributed by atoms with Crippen LogP contribution in [0, 0.1) is 5.92 Å². The SMILES string of the molecule is CC(C)CC(O)c1cccc2ccccc12. The lowest BCUT2D eigenvalue weighted by Gasteiger charge is -2.15. The molecular weight excluding hydrogens is 196 g/mol. The van der Waals surface area contributed by atoms with Gasteiger partial charge in [-0.1, -0.05) is 56.3 Å². The van der Waals surface area contributed by atoms with Gasteiger partial charge in [-0.2, -0.15) is 0 Å². The minimum Gasteiger partial charge on any atom is -0.388 e. The van der Waals surface area contributed by atoms with E-state index in [1.165, 1.54) is 5.39 Å². The van der Waals surface area contributed by atoms with Gasteiger partial charge in [-0.05, 0) is 28.7 Å². The molecule has 0 fully saturated rings. The summed E-state index contributed by atoms with van der Waals surface area (Å²) < 4.78 is 0. The average Bonchev–Trinajstić information content (AvgIpc) is 2.27. The normalized spacial score (nSPS) is 13.2. The van der Waals surface area contributed by atoms with E-state index in [-0.39, 0.29) is 6.10 Å². The number of aliphatic hydroxyl groups excluding tert-OH is 1. The first-order chi connectivity index (χ1) is 7.68. The predicted molar refractivity (Wildman–Crippen MR) is 68.4 cm³/mol. The van der Waals surface area contributed by atoms with Crippen molar-refractivity contribution in [2.24, 2.45) is 5.92 Å². The third-order valence-corrected chi connectivity index (χ3v) is 2.88. The van der Waals surface area contributed by atoms with Gasteiger partial charge in [0.2, 0.25) is 0 Å². The Hall–Kier alpha value is -1.34. The Bertz CT molecular complexity index is 468. The maximum absolute atomic E-state index is 10.2. The molecule has 0 bridgehead atoms. The summed E-state index contributed by atoms with van der Waals surface area (Å²) in [5.41, 5.74) is 1.05. The summed E-state index contributed by atoms with van der Waals surface area (Å²) in [4.78, 5) is 0. The second-order valence-corrected chi connectivity index (χ2v) is 4.71. The molecule has 0 saturated carbocycles. The summed E-state index contributed by atoms with van der Waals surface area (Å²) >= 11 is 0. The molecule has 1 nitrogen and oxygen atoms in total. The van der Waals surface area contributed by atoms with Gasteiger partial charge >= 0.3 is 0 Å². The molecule has 84 valence electrons. The molecule has 0 radical (unpaired) electrons. The van der Waals surface area contributed by atoms with Crippen LogP contribution in [-0.2, 0) is 0 Å². The van der Waals surface area contributed by atoms with E-state index in [0.29, 0.717) is 5.92 Å². The second-order valence-electron chi connectivity index (χ2n) is 4.71. The molecule has 0 amide bonds. The van der Waals surface area contributed by atoms with E-state index in [1.807, 2.05) is 24.3 Å². The van der Waals surface area contributed by atoms with Gasteiger partial charge in [0.25, 0.3) is 0 Å². The van der Waals surface area contributed by atoms with Crippen molar-refractivity contribution >= 4 is 10.8 Å². The van der Waals surface area contributed by atoms with Crippen LogP contribution in [0.1, 0.15) is 31.9 Å². The molecule has 2 aromatic rings. The second kappa shape index (κ2) is 4.67. The highest BCUT2D eigenvalue weighted by Gasteiger charge is 2.12. The van der Waals surface area contributed by atoms with Crippen LogP contribution in [0.15, 0.2) is 42.5 Å². The summed E-state index contributed by atoms with van der Waals surface area (Å²) in [6.45, 7) is 4.27. The monoisotopic (exact) mass is 214 g/mol. The topological polar surface area (TPSA) is 20.2 Å². The van der Waals surface area contributed by atoms with Crippen molar-refractivity contribution in [1.29, 1.82) is 0 Å². The Labute approximate surface area is 96.7 Å². The van der Waals surface area contributed by atoms with E-state index in [0.717, 1.165) is 17.4 Å². The molecule has 0 saturated heterocycles. The maximum atomic E-state index is 10.2. The van der Waals surface area contributed by atoms with Crippen molar-refractivity contribution in [3.8, 4) is 0 Å². The highest BCUT2D eigenvalue weighted by atomic mass is 16.3. The summed E-state index contributed by atoms with van der Waals surface area (Å²) in [5.74, 6) is 0.508. The number of hydrogen-bond donors (Lipinski definition) is 1. The van der Waals surface area contributed by atoms with Gasteiger partial charge < -0.3 is 5.11 Å². The van der Waals surface area contributed by atoms with E-state index >= 15 is 0 Å². The van der Waals surface area contributed by atoms with Crippen LogP contribution in [-0.4, -0.2) is 5.11 Å². The number of fused-ring (bicyclic) bond motifs is 1. The van der Waals surface area contributed by atoms with Crippen LogP contribution in [0.5, 0.6) is 0 Å². The molecular formula is C15H18O. The fourth-order valence-electron chi connectivity index (χ4n) is 2.11. The van der Waals surface area contributed by atoms with Crippen molar-refractivity contribution in [2.45, 2.75) is 26.4 Å². The van der Waals surface area contributed by atoms with Crippen molar-refractivity contribution in [3.05, 3.63) is 48.0 Å². The summed E-state index contributed by atoms with van der Waals surface area (Å²) in [7, 11) is 0. The minimum absolute atomic E-state index is 0.355. The Balaban J connectivity index is 2.44. The van der Waals surface area contributed by atoms with Gasteiger partial charge in [0.15, 0.2) is 0 Å². The van der Waals surface area contributed by atoms with Crippen LogP contribution in [0.2, 0.25) is 0 Å². The third-order valence-electron chi connectivity index (χ3n) is 2.88. The van der Waals surface area contributed by atoms with E-state index in [2.05, 4.69) is 32.0 Å². The van der Waals surface area contributed by atoms with Crippen LogP contribution in [0.4, 0.5) is 0 Å². The molecule has 1 heteroatoms. The highest BCUT2D eigenvalue weighted by molar-refractivity contribution is 5.85. The fraction of sp³-hybridized carbons (Fsp3) is 0.333. The standard InChI is InChI=1S/C15H18O/c1-11(2)10-15(16)14-9-5-7-12-6-3-4-8-13(12)14/h3-9,11,15-16H,10H2,1-2H3. The zero-order chi connectivity index (χ0) is 11.5. The first-order valence-corrected chi connectivity index (χ1v) is 5.84. The van der Waals surface area contributed by atoms with Crippen molar-refractivity contribution < 1.29 is 5.11 Å². The molecule has 0 aromatic heterocycles. The lowest BCUT2D eigenvalue weighted by atomic mass is 9.95. The van der Waals surface area contributed by atoms with Crippen molar-refractivity contribution in [2.75, 3.05) is 0 Å². The highest BCUT2D eigenvalue weighted by Crippen LogP contribution is 2.27. The smallest absolute Gasteiger partial charge is 0.0798 e. The zero-order valence-electron chi connectivity index (χ0n) is 9.85. The lowest BCUT2D eigenvalue weighted by molar-refractivity contribution is 0.152. The van der Waals surface area contributed by atoms with Crippen LogP contribution >= 0.6 is 0 Å². The van der Waals surface area contributed by atoms with E-state index in [4.69, 9.17) is 0 Å². The predicted octanol–water partition coefficient (Wildman–Crippen LogP) is 3.92. The Morgan fingerprint density at radius 3 is 2.44 bits per heavy atom. The van der Waals surface area contributed by atoms with Gasteiger partial charge in [0.1, 0.15) is 0 Å². The van der Waals surface area contributed by atoms with Crippen LogP contribution in [0.25, 0.3) is 10.8 Å². The number of aliphatic hydroxyl groups is 1. The van der Waals surface area contributed by atoms with Crippen LogP contribution < -0.4 is 0 Å². The van der Waals surface area contributed by atoms with E-state index < -0.39 is 0 Å². The first-order valence-electron chi connectivity index (χ1n) is 5.84. The number of benzene rings is 2. The molecule has 16 heavy (non-hydrogen) atoms. The largest absolute Gasteiger partial charge is 0.388 e. The summed E-state index contributed by atoms with van der Waals surface area (Å²) in [6.07, 6.45) is 0.458. The zero-order valence-corrected chi connectivity index (χ0v) is 9.85. The Morgan fingerprint density at radius 1 is 1.00 bits per heavy atom. The lowest BCUT2D eigenvalue weighted by Crippen LogP contribution is -2.02. The van der Waals surface area contributed by atoms with Gasteiger partial charge in [0.05, 0.1) is 6.10 Å². The molecule has 0 heterocycles. The van der Waals surface area contributed by atoms with Crippen molar-refractivity contribution in [1.82, 2.24) is 0 Å². The molecule has 0 spiro atoms. The molecule has 0 aliphatic carbocycles. The third kappa shape index (κ3) is 2.25. The number of hydrogen-bond acceptors (Lipinski definition) is 1. The molecule has 1 N–H and O–H groups in total. The Morgan fingerprint density at radius 2 is 1.69 bits per heavy atom. The minimum atomic E-state index is -0.355. The fourth-order valence-corrected chi connectivity index (χ4v) is 2.11. The maximum Gasteiger partial charge on any atom is 0.0798 e. The molecule has 1 unspecified atom stereocenters. The molecule has 1 atom stereocenters. The van der Waals surface area contributed by atoms with Crippen molar-refractivity contribution in [3.63, 3.8) is 0 Å². The van der Waals surface area contributed by atoms with E-state index in [1.54, 1.807) is 0 Å². The van der Waals surface area contributed by atoms with E-state index in [9.17, 15) is 5.11 Å². The average molecular weight is 214 g/mol. The molecule has 0 aliphatic rings. The molecule has 2 rings (SSSR count). The van der Waals surface area contributed by atoms with Gasteiger partial charge in [-0.15, -0.1) is 0 Å².